The van der Waals surface area contributed by atoms with Crippen molar-refractivity contribution < 1.29 is 4.79 Å². The summed E-state index contributed by atoms with van der Waals surface area (Å²) in [6, 6.07) is 5.92. The molecule has 1 aliphatic rings. The standard InChI is InChI=1S/C14H20N2O/c1-10-6-7-12(9-13(10)15)14(17)16-8-4-3-5-11(16)2/h6-7,9,11H,3-5,8,15H2,1-2H3/t11-/m0/s1. The van der Waals surface area contributed by atoms with Crippen molar-refractivity contribution in [2.75, 3.05) is 12.3 Å². The third-order valence-electron chi connectivity index (χ3n) is 3.59. The zero-order valence-electron chi connectivity index (χ0n) is 10.6. The molecule has 2 N–H and O–H groups in total. The number of nitrogens with two attached hydrogens (primary N) is 1. The van der Waals surface area contributed by atoms with E-state index in [0.717, 1.165) is 24.9 Å². The van der Waals surface area contributed by atoms with E-state index in [-0.39, 0.29) is 5.91 Å². The SMILES string of the molecule is Cc1ccc(C(=O)N2CCCC[C@@H]2C)cc1N. The Morgan fingerprint density at radius 3 is 2.82 bits per heavy atom. The van der Waals surface area contributed by atoms with Gasteiger partial charge in [-0.1, -0.05) is 6.07 Å². The summed E-state index contributed by atoms with van der Waals surface area (Å²) in [5, 5.41) is 0. The first kappa shape index (κ1) is 12.0. The Bertz CT molecular complexity index is 428. The van der Waals surface area contributed by atoms with Crippen LogP contribution in [-0.2, 0) is 0 Å². The number of benzene rings is 1. The topological polar surface area (TPSA) is 46.3 Å². The predicted octanol–water partition coefficient (Wildman–Crippen LogP) is 2.59. The maximum atomic E-state index is 12.3. The molecule has 1 heterocycles. The van der Waals surface area contributed by atoms with Gasteiger partial charge >= 0.3 is 0 Å². The van der Waals surface area contributed by atoms with Crippen molar-refractivity contribution in [3.05, 3.63) is 29.3 Å². The zero-order chi connectivity index (χ0) is 12.4. The summed E-state index contributed by atoms with van der Waals surface area (Å²) in [6.45, 7) is 4.94. The highest BCUT2D eigenvalue weighted by molar-refractivity contribution is 5.95. The molecule has 1 fully saturated rings. The molecule has 3 nitrogen and oxygen atoms in total. The average molecular weight is 232 g/mol. The molecule has 3 heteroatoms. The van der Waals surface area contributed by atoms with E-state index >= 15 is 0 Å². The van der Waals surface area contributed by atoms with E-state index in [4.69, 9.17) is 5.73 Å². The van der Waals surface area contributed by atoms with Gasteiger partial charge < -0.3 is 10.6 Å². The van der Waals surface area contributed by atoms with E-state index < -0.39 is 0 Å². The van der Waals surface area contributed by atoms with Crippen molar-refractivity contribution in [1.82, 2.24) is 4.90 Å². The monoisotopic (exact) mass is 232 g/mol. The minimum atomic E-state index is 0.115. The number of rotatable bonds is 1. The average Bonchev–Trinajstić information content (AvgIpc) is 2.32. The molecule has 92 valence electrons. The number of nitrogen functional groups attached to an aromatic ring is 1. The maximum Gasteiger partial charge on any atom is 0.254 e. The summed E-state index contributed by atoms with van der Waals surface area (Å²) in [5.74, 6) is 0.115. The van der Waals surface area contributed by atoms with E-state index in [1.165, 1.54) is 6.42 Å². The van der Waals surface area contributed by atoms with Crippen LogP contribution in [0.25, 0.3) is 0 Å². The third-order valence-corrected chi connectivity index (χ3v) is 3.59. The van der Waals surface area contributed by atoms with Crippen molar-refractivity contribution in [1.29, 1.82) is 0 Å². The number of anilines is 1. The Hall–Kier alpha value is -1.51. The molecular formula is C14H20N2O. The molecule has 0 aromatic heterocycles. The fourth-order valence-corrected chi connectivity index (χ4v) is 2.34. The molecule has 17 heavy (non-hydrogen) atoms. The van der Waals surface area contributed by atoms with Crippen LogP contribution in [-0.4, -0.2) is 23.4 Å². The van der Waals surface area contributed by atoms with Gasteiger partial charge in [0.15, 0.2) is 0 Å². The Morgan fingerprint density at radius 1 is 1.41 bits per heavy atom. The predicted molar refractivity (Wildman–Crippen MR) is 69.9 cm³/mol. The molecule has 2 rings (SSSR count). The van der Waals surface area contributed by atoms with Gasteiger partial charge in [-0.25, -0.2) is 0 Å². The normalized spacial score (nSPS) is 20.4. The lowest BCUT2D eigenvalue weighted by molar-refractivity contribution is 0.0635. The Balaban J connectivity index is 2.21. The van der Waals surface area contributed by atoms with E-state index in [1.807, 2.05) is 24.0 Å². The van der Waals surface area contributed by atoms with E-state index in [9.17, 15) is 4.79 Å². The first-order valence-electron chi connectivity index (χ1n) is 6.26. The van der Waals surface area contributed by atoms with Gasteiger partial charge in [0.05, 0.1) is 0 Å². The van der Waals surface area contributed by atoms with Crippen LogP contribution in [0.2, 0.25) is 0 Å². The third kappa shape index (κ3) is 2.43. The van der Waals surface area contributed by atoms with Crippen molar-refractivity contribution in [2.45, 2.75) is 39.2 Å². The Morgan fingerprint density at radius 2 is 2.18 bits per heavy atom. The molecule has 0 aliphatic carbocycles. The minimum absolute atomic E-state index is 0.115. The number of hydrogen-bond acceptors (Lipinski definition) is 2. The first-order valence-corrected chi connectivity index (χ1v) is 6.26. The van der Waals surface area contributed by atoms with Crippen LogP contribution < -0.4 is 5.73 Å². The lowest BCUT2D eigenvalue weighted by Gasteiger charge is -2.33. The zero-order valence-corrected chi connectivity index (χ0v) is 10.6. The van der Waals surface area contributed by atoms with E-state index in [2.05, 4.69) is 6.92 Å². The maximum absolute atomic E-state index is 12.3. The molecule has 0 unspecified atom stereocenters. The van der Waals surface area contributed by atoms with Crippen molar-refractivity contribution in [3.8, 4) is 0 Å². The van der Waals surface area contributed by atoms with E-state index in [1.54, 1.807) is 6.07 Å². The highest BCUT2D eigenvalue weighted by Crippen LogP contribution is 2.21. The number of nitrogens with zero attached hydrogens (tertiary/aromatic N) is 1. The molecule has 0 saturated carbocycles. The summed E-state index contributed by atoms with van der Waals surface area (Å²) in [4.78, 5) is 14.3. The van der Waals surface area contributed by atoms with Crippen LogP contribution in [0.3, 0.4) is 0 Å². The van der Waals surface area contributed by atoms with Gasteiger partial charge in [-0.2, -0.15) is 0 Å². The molecule has 1 saturated heterocycles. The van der Waals surface area contributed by atoms with Crippen LogP contribution in [0.5, 0.6) is 0 Å². The second-order valence-corrected chi connectivity index (χ2v) is 4.91. The molecule has 0 spiro atoms. The number of amides is 1. The summed E-state index contributed by atoms with van der Waals surface area (Å²) in [5.41, 5.74) is 8.28. The number of piperidine rings is 1. The summed E-state index contributed by atoms with van der Waals surface area (Å²) in [7, 11) is 0. The van der Waals surface area contributed by atoms with Gasteiger partial charge in [-0.3, -0.25) is 4.79 Å². The Kier molecular flexibility index (Phi) is 3.36. The quantitative estimate of drug-likeness (QED) is 0.756. The van der Waals surface area contributed by atoms with Crippen LogP contribution in [0.1, 0.15) is 42.1 Å². The largest absolute Gasteiger partial charge is 0.398 e. The first-order chi connectivity index (χ1) is 8.09. The smallest absolute Gasteiger partial charge is 0.254 e. The number of carbonyl (C=O) groups excluding carboxylic acids is 1. The van der Waals surface area contributed by atoms with Gasteiger partial charge in [-0.05, 0) is 50.8 Å². The molecule has 1 amide bonds. The van der Waals surface area contributed by atoms with Crippen LogP contribution in [0, 0.1) is 6.92 Å². The summed E-state index contributed by atoms with van der Waals surface area (Å²) >= 11 is 0. The number of carbonyl (C=O) groups is 1. The van der Waals surface area contributed by atoms with Gasteiger partial charge in [0.1, 0.15) is 0 Å². The summed E-state index contributed by atoms with van der Waals surface area (Å²) < 4.78 is 0. The molecular weight excluding hydrogens is 212 g/mol. The highest BCUT2D eigenvalue weighted by atomic mass is 16.2. The molecule has 0 bridgehead atoms. The van der Waals surface area contributed by atoms with E-state index in [0.29, 0.717) is 17.3 Å². The molecule has 1 aromatic carbocycles. The van der Waals surface area contributed by atoms with Crippen molar-refractivity contribution >= 4 is 11.6 Å². The molecule has 0 radical (unpaired) electrons. The number of aryl methyl sites for hydroxylation is 1. The summed E-state index contributed by atoms with van der Waals surface area (Å²) in [6.07, 6.45) is 3.44. The lowest BCUT2D eigenvalue weighted by atomic mass is 10.0. The minimum Gasteiger partial charge on any atom is -0.398 e. The highest BCUT2D eigenvalue weighted by Gasteiger charge is 2.24. The Labute approximate surface area is 103 Å². The second kappa shape index (κ2) is 4.78. The van der Waals surface area contributed by atoms with Gasteiger partial charge in [0.2, 0.25) is 0 Å². The fourth-order valence-electron chi connectivity index (χ4n) is 2.34. The van der Waals surface area contributed by atoms with Crippen LogP contribution in [0.4, 0.5) is 5.69 Å². The van der Waals surface area contributed by atoms with Crippen LogP contribution in [0.15, 0.2) is 18.2 Å². The fraction of sp³-hybridized carbons (Fsp3) is 0.500. The number of likely N-dealkylation sites (tertiary alicyclic amines) is 1. The molecule has 1 atom stereocenters. The molecule has 1 aliphatic heterocycles. The van der Waals surface area contributed by atoms with Crippen molar-refractivity contribution in [3.63, 3.8) is 0 Å². The van der Waals surface area contributed by atoms with Gasteiger partial charge in [0.25, 0.3) is 5.91 Å². The molecule has 1 aromatic rings. The van der Waals surface area contributed by atoms with Gasteiger partial charge in [0, 0.05) is 23.8 Å². The van der Waals surface area contributed by atoms with Crippen molar-refractivity contribution in [2.24, 2.45) is 0 Å². The second-order valence-electron chi connectivity index (χ2n) is 4.91. The van der Waals surface area contributed by atoms with Gasteiger partial charge in [-0.15, -0.1) is 0 Å². The number of hydrogen-bond donors (Lipinski definition) is 1. The van der Waals surface area contributed by atoms with Crippen LogP contribution >= 0.6 is 0 Å². The lowest BCUT2D eigenvalue weighted by Crippen LogP contribution is -2.42.